The van der Waals surface area contributed by atoms with E-state index in [0.29, 0.717) is 25.9 Å². The van der Waals surface area contributed by atoms with E-state index in [4.69, 9.17) is 4.74 Å². The van der Waals surface area contributed by atoms with Crippen molar-refractivity contribution in [3.05, 3.63) is 36.5 Å². The number of ether oxygens (including phenoxy) is 1. The van der Waals surface area contributed by atoms with Crippen LogP contribution in [-0.2, 0) is 14.3 Å². The lowest BCUT2D eigenvalue weighted by atomic mass is 10.0. The highest BCUT2D eigenvalue weighted by Crippen LogP contribution is 2.20. The van der Waals surface area contributed by atoms with Crippen LogP contribution in [0.4, 0.5) is 0 Å². The van der Waals surface area contributed by atoms with Gasteiger partial charge in [0.15, 0.2) is 0 Å². The first-order valence-electron chi connectivity index (χ1n) is 40.2. The van der Waals surface area contributed by atoms with Crippen LogP contribution < -0.4 is 5.32 Å². The van der Waals surface area contributed by atoms with Crippen molar-refractivity contribution < 1.29 is 24.5 Å². The molecule has 0 aliphatic heterocycles. The molecule has 0 radical (unpaired) electrons. The van der Waals surface area contributed by atoms with Crippen molar-refractivity contribution in [1.82, 2.24) is 5.32 Å². The molecule has 0 bridgehead atoms. The number of allylic oxidation sites excluding steroid dienone is 6. The highest BCUT2D eigenvalue weighted by atomic mass is 16.5. The predicted molar refractivity (Wildman–Crippen MR) is 389 cm³/mol. The van der Waals surface area contributed by atoms with Crippen molar-refractivity contribution in [3.63, 3.8) is 0 Å². The Balaban J connectivity index is 3.34. The predicted octanol–water partition coefficient (Wildman–Crippen LogP) is 26.6. The molecular formula is C82H157NO5. The fourth-order valence-electron chi connectivity index (χ4n) is 12.8. The van der Waals surface area contributed by atoms with Crippen molar-refractivity contribution in [3.8, 4) is 0 Å². The summed E-state index contributed by atoms with van der Waals surface area (Å²) in [5, 5.41) is 23.4. The maximum Gasteiger partial charge on any atom is 0.305 e. The van der Waals surface area contributed by atoms with Crippen LogP contribution >= 0.6 is 0 Å². The molecule has 2 atom stereocenters. The Labute approximate surface area is 551 Å². The van der Waals surface area contributed by atoms with Gasteiger partial charge in [-0.1, -0.05) is 391 Å². The summed E-state index contributed by atoms with van der Waals surface area (Å²) < 4.78 is 5.52. The smallest absolute Gasteiger partial charge is 0.305 e. The lowest BCUT2D eigenvalue weighted by Crippen LogP contribution is -2.45. The number of amides is 1. The number of carbonyl (C=O) groups is 2. The van der Waals surface area contributed by atoms with Gasteiger partial charge < -0.3 is 20.3 Å². The molecule has 0 rings (SSSR count). The van der Waals surface area contributed by atoms with Gasteiger partial charge in [0.2, 0.25) is 5.91 Å². The van der Waals surface area contributed by atoms with Gasteiger partial charge in [0.1, 0.15) is 0 Å². The van der Waals surface area contributed by atoms with Gasteiger partial charge in [-0.15, -0.1) is 0 Å². The van der Waals surface area contributed by atoms with E-state index in [1.54, 1.807) is 0 Å². The Kier molecular flexibility index (Phi) is 75.8. The topological polar surface area (TPSA) is 95.9 Å². The molecule has 1 amide bonds. The summed E-state index contributed by atoms with van der Waals surface area (Å²) >= 11 is 0. The molecule has 0 aliphatic carbocycles. The summed E-state index contributed by atoms with van der Waals surface area (Å²) in [6, 6.07) is -0.539. The minimum absolute atomic E-state index is 0.0191. The summed E-state index contributed by atoms with van der Waals surface area (Å²) in [6.45, 7) is 4.99. The highest BCUT2D eigenvalue weighted by molar-refractivity contribution is 5.76. The molecular weight excluding hydrogens is 1080 g/mol. The van der Waals surface area contributed by atoms with Crippen LogP contribution in [0.2, 0.25) is 0 Å². The molecule has 0 aromatic carbocycles. The average molecular weight is 1240 g/mol. The molecule has 6 heteroatoms. The number of aliphatic hydroxyl groups excluding tert-OH is 2. The van der Waals surface area contributed by atoms with E-state index in [1.807, 2.05) is 0 Å². The zero-order chi connectivity index (χ0) is 63.5. The van der Waals surface area contributed by atoms with Crippen LogP contribution in [-0.4, -0.2) is 47.4 Å². The van der Waals surface area contributed by atoms with E-state index in [-0.39, 0.29) is 18.5 Å². The lowest BCUT2D eigenvalue weighted by molar-refractivity contribution is -0.143. The van der Waals surface area contributed by atoms with E-state index in [9.17, 15) is 19.8 Å². The zero-order valence-electron chi connectivity index (χ0n) is 59.7. The Morgan fingerprint density at radius 1 is 0.318 bits per heavy atom. The molecule has 3 N–H and O–H groups in total. The Morgan fingerprint density at radius 2 is 0.568 bits per heavy atom. The van der Waals surface area contributed by atoms with E-state index < -0.39 is 12.1 Å². The van der Waals surface area contributed by atoms with Crippen molar-refractivity contribution in [2.45, 2.75) is 463 Å². The summed E-state index contributed by atoms with van der Waals surface area (Å²) in [6.07, 6.45) is 101. The third kappa shape index (κ3) is 73.1. The van der Waals surface area contributed by atoms with Crippen molar-refractivity contribution >= 4 is 11.9 Å². The fourth-order valence-corrected chi connectivity index (χ4v) is 12.8. The number of hydrogen-bond donors (Lipinski definition) is 3. The second-order valence-corrected chi connectivity index (χ2v) is 27.7. The van der Waals surface area contributed by atoms with Gasteiger partial charge in [-0.2, -0.15) is 0 Å². The number of hydrogen-bond acceptors (Lipinski definition) is 5. The molecule has 2 unspecified atom stereocenters. The van der Waals surface area contributed by atoms with Gasteiger partial charge in [-0.3, -0.25) is 9.59 Å². The number of rotatable bonds is 76. The number of esters is 1. The maximum atomic E-state index is 12.5. The summed E-state index contributed by atoms with van der Waals surface area (Å²) in [5.74, 6) is -0.00987. The molecule has 0 fully saturated rings. The Morgan fingerprint density at radius 3 is 0.875 bits per heavy atom. The maximum absolute atomic E-state index is 12.5. The van der Waals surface area contributed by atoms with Crippen LogP contribution in [0.5, 0.6) is 0 Å². The van der Waals surface area contributed by atoms with Crippen molar-refractivity contribution in [1.29, 1.82) is 0 Å². The van der Waals surface area contributed by atoms with Gasteiger partial charge >= 0.3 is 5.97 Å². The van der Waals surface area contributed by atoms with Crippen LogP contribution in [0, 0.1) is 0 Å². The number of carbonyl (C=O) groups excluding carboxylic acids is 2. The minimum atomic E-state index is -0.662. The first-order valence-corrected chi connectivity index (χ1v) is 40.2. The molecule has 0 spiro atoms. The lowest BCUT2D eigenvalue weighted by Gasteiger charge is -2.22. The Hall–Kier alpha value is -1.92. The van der Waals surface area contributed by atoms with E-state index in [1.165, 1.54) is 372 Å². The highest BCUT2D eigenvalue weighted by Gasteiger charge is 2.20. The second kappa shape index (κ2) is 77.5. The van der Waals surface area contributed by atoms with Crippen LogP contribution in [0.1, 0.15) is 450 Å². The molecule has 0 aromatic heterocycles. The van der Waals surface area contributed by atoms with Gasteiger partial charge in [0.05, 0.1) is 25.4 Å². The summed E-state index contributed by atoms with van der Waals surface area (Å²) in [4.78, 5) is 24.7. The number of unbranched alkanes of at least 4 members (excludes halogenated alkanes) is 59. The van der Waals surface area contributed by atoms with Crippen LogP contribution in [0.3, 0.4) is 0 Å². The van der Waals surface area contributed by atoms with Crippen LogP contribution in [0.15, 0.2) is 36.5 Å². The SMILES string of the molecule is CCCCCCCC/C=C\CCCCCCCCCCCC(=O)OCCCCCCCCCCCCCCC/C=C\C/C=C\CCCCCCCCCCCCCCCCCCCC(=O)NC(CO)C(O)CCCCCCCCCCCCCCCCC. The normalized spacial score (nSPS) is 12.6. The molecule has 520 valence electrons. The molecule has 88 heavy (non-hydrogen) atoms. The van der Waals surface area contributed by atoms with Crippen molar-refractivity contribution in [2.75, 3.05) is 13.2 Å². The summed E-state index contributed by atoms with van der Waals surface area (Å²) in [7, 11) is 0. The van der Waals surface area contributed by atoms with Gasteiger partial charge in [0, 0.05) is 12.8 Å². The van der Waals surface area contributed by atoms with Crippen molar-refractivity contribution in [2.24, 2.45) is 0 Å². The second-order valence-electron chi connectivity index (χ2n) is 27.7. The average Bonchev–Trinajstić information content (AvgIpc) is 3.59. The molecule has 0 heterocycles. The van der Waals surface area contributed by atoms with E-state index in [2.05, 4.69) is 55.6 Å². The molecule has 0 aromatic rings. The molecule has 0 saturated carbocycles. The van der Waals surface area contributed by atoms with E-state index >= 15 is 0 Å². The quantitative estimate of drug-likeness (QED) is 0.0320. The third-order valence-electron chi connectivity index (χ3n) is 18.9. The zero-order valence-corrected chi connectivity index (χ0v) is 59.7. The summed E-state index contributed by atoms with van der Waals surface area (Å²) in [5.41, 5.74) is 0. The molecule has 6 nitrogen and oxygen atoms in total. The van der Waals surface area contributed by atoms with Gasteiger partial charge in [0.25, 0.3) is 0 Å². The largest absolute Gasteiger partial charge is 0.466 e. The minimum Gasteiger partial charge on any atom is -0.466 e. The monoisotopic (exact) mass is 1240 g/mol. The molecule has 0 saturated heterocycles. The standard InChI is InChI=1S/C82H157NO5/c1-3-5-7-9-11-13-15-17-19-20-40-44-48-52-56-60-64-68-72-76-82(87)88-77-73-69-65-61-57-53-49-45-42-39-37-35-33-31-29-27-25-23-21-22-24-26-28-30-32-34-36-38-41-43-47-51-55-59-63-67-71-75-81(86)83-79(78-84)80(85)74-70-66-62-58-54-50-46-18-16-14-12-10-8-6-4-2/h17,19,21,23,27,29,79-80,84-85H,3-16,18,20,22,24-26,28,30-78H2,1-2H3,(H,83,86)/b19-17-,23-21-,29-27-. The van der Waals surface area contributed by atoms with E-state index in [0.717, 1.165) is 44.9 Å². The fraction of sp³-hybridized carbons (Fsp3) is 0.902. The first-order chi connectivity index (χ1) is 43.5. The first kappa shape index (κ1) is 86.1. The van der Waals surface area contributed by atoms with Crippen LogP contribution in [0.25, 0.3) is 0 Å². The number of aliphatic hydroxyl groups is 2. The van der Waals surface area contributed by atoms with Gasteiger partial charge in [-0.05, 0) is 83.5 Å². The Bertz CT molecular complexity index is 1430. The molecule has 0 aliphatic rings. The third-order valence-corrected chi connectivity index (χ3v) is 18.9. The number of nitrogens with one attached hydrogen (secondary N) is 1. The van der Waals surface area contributed by atoms with Gasteiger partial charge in [-0.25, -0.2) is 0 Å².